The first-order valence-corrected chi connectivity index (χ1v) is 6.19. The zero-order valence-electron chi connectivity index (χ0n) is 11.7. The van der Waals surface area contributed by atoms with E-state index in [0.717, 1.165) is 24.1 Å². The van der Waals surface area contributed by atoms with E-state index in [1.165, 1.54) is 7.11 Å². The number of hydrogen-bond donors (Lipinski definition) is 1. The molecule has 2 rings (SSSR count). The maximum Gasteiger partial charge on any atom is 0.339 e. The van der Waals surface area contributed by atoms with E-state index in [4.69, 9.17) is 9.47 Å². The Morgan fingerprint density at radius 3 is 2.58 bits per heavy atom. The normalized spacial score (nSPS) is 18.8. The Balaban J connectivity index is 2.67. The van der Waals surface area contributed by atoms with Gasteiger partial charge in [-0.2, -0.15) is 0 Å². The molecule has 0 saturated heterocycles. The lowest BCUT2D eigenvalue weighted by Crippen LogP contribution is -2.35. The maximum absolute atomic E-state index is 11.3. The van der Waals surface area contributed by atoms with E-state index in [1.54, 1.807) is 13.2 Å². The summed E-state index contributed by atoms with van der Waals surface area (Å²) < 4.78 is 10.7. The van der Waals surface area contributed by atoms with Gasteiger partial charge in [0, 0.05) is 23.7 Å². The van der Waals surface area contributed by atoms with Crippen LogP contribution >= 0.6 is 0 Å². The largest absolute Gasteiger partial charge is 0.496 e. The first-order chi connectivity index (χ1) is 8.99. The number of carboxylic acids is 1. The van der Waals surface area contributed by atoms with Crippen LogP contribution in [0.2, 0.25) is 0 Å². The third-order valence-corrected chi connectivity index (χ3v) is 3.77. The zero-order chi connectivity index (χ0) is 14.2. The van der Waals surface area contributed by atoms with Crippen molar-refractivity contribution in [3.05, 3.63) is 22.8 Å². The van der Waals surface area contributed by atoms with Crippen molar-refractivity contribution >= 4 is 5.97 Å². The fraction of sp³-hybridized carbons (Fsp3) is 0.500. The van der Waals surface area contributed by atoms with Crippen molar-refractivity contribution in [1.29, 1.82) is 0 Å². The number of hydrogen-bond acceptors (Lipinski definition) is 4. The molecule has 0 radical (unpaired) electrons. The van der Waals surface area contributed by atoms with Gasteiger partial charge in [0.1, 0.15) is 17.1 Å². The number of carbonyl (C=O) groups is 1. The highest BCUT2D eigenvalue weighted by Gasteiger charge is 2.29. The van der Waals surface area contributed by atoms with Crippen LogP contribution in [0.1, 0.15) is 28.4 Å². The number of fused-ring (bicyclic) bond motifs is 1. The average Bonchev–Trinajstić information content (AvgIpc) is 2.38. The Morgan fingerprint density at radius 2 is 2.05 bits per heavy atom. The van der Waals surface area contributed by atoms with Crippen LogP contribution in [0.4, 0.5) is 0 Å². The SMILES string of the molecule is COc1cc(C(=O)O)c(OC)c2c1CN(C)C(C)C2. The van der Waals surface area contributed by atoms with Crippen LogP contribution in [0.25, 0.3) is 0 Å². The van der Waals surface area contributed by atoms with Gasteiger partial charge in [0.05, 0.1) is 14.2 Å². The monoisotopic (exact) mass is 265 g/mol. The summed E-state index contributed by atoms with van der Waals surface area (Å²) in [6, 6.07) is 1.89. The molecule has 0 bridgehead atoms. The molecule has 104 valence electrons. The van der Waals surface area contributed by atoms with Gasteiger partial charge in [-0.3, -0.25) is 4.90 Å². The second-order valence-corrected chi connectivity index (χ2v) is 4.89. The van der Waals surface area contributed by atoms with Crippen LogP contribution in [-0.2, 0) is 13.0 Å². The van der Waals surface area contributed by atoms with Gasteiger partial charge >= 0.3 is 5.97 Å². The molecular weight excluding hydrogens is 246 g/mol. The van der Waals surface area contributed by atoms with Crippen molar-refractivity contribution in [2.24, 2.45) is 0 Å². The number of aromatic carboxylic acids is 1. The predicted molar refractivity (Wildman–Crippen MR) is 71.1 cm³/mol. The molecule has 5 nitrogen and oxygen atoms in total. The highest BCUT2D eigenvalue weighted by atomic mass is 16.5. The van der Waals surface area contributed by atoms with Crippen LogP contribution in [0, 0.1) is 0 Å². The van der Waals surface area contributed by atoms with Gasteiger partial charge in [-0.15, -0.1) is 0 Å². The number of likely N-dealkylation sites (N-methyl/N-ethyl adjacent to an activating group) is 1. The molecule has 0 aromatic heterocycles. The third kappa shape index (κ3) is 2.26. The molecular formula is C14H19NO4. The average molecular weight is 265 g/mol. The van der Waals surface area contributed by atoms with Crippen molar-refractivity contribution in [1.82, 2.24) is 4.90 Å². The lowest BCUT2D eigenvalue weighted by atomic mass is 9.91. The van der Waals surface area contributed by atoms with Crippen LogP contribution in [0.15, 0.2) is 6.07 Å². The molecule has 1 N–H and O–H groups in total. The maximum atomic E-state index is 11.3. The topological polar surface area (TPSA) is 59.0 Å². The number of methoxy groups -OCH3 is 2. The summed E-state index contributed by atoms with van der Waals surface area (Å²) in [4.78, 5) is 13.5. The molecule has 1 aromatic rings. The summed E-state index contributed by atoms with van der Waals surface area (Å²) in [7, 11) is 5.12. The quantitative estimate of drug-likeness (QED) is 0.902. The second-order valence-electron chi connectivity index (χ2n) is 4.89. The lowest BCUT2D eigenvalue weighted by molar-refractivity contribution is 0.0692. The highest BCUT2D eigenvalue weighted by molar-refractivity contribution is 5.92. The van der Waals surface area contributed by atoms with Crippen molar-refractivity contribution in [2.45, 2.75) is 25.9 Å². The number of ether oxygens (including phenoxy) is 2. The molecule has 1 atom stereocenters. The molecule has 0 spiro atoms. The second kappa shape index (κ2) is 5.09. The van der Waals surface area contributed by atoms with Crippen molar-refractivity contribution < 1.29 is 19.4 Å². The van der Waals surface area contributed by atoms with Gasteiger partial charge in [-0.05, 0) is 26.5 Å². The van der Waals surface area contributed by atoms with E-state index in [9.17, 15) is 9.90 Å². The molecule has 1 aliphatic heterocycles. The summed E-state index contributed by atoms with van der Waals surface area (Å²) >= 11 is 0. The number of benzene rings is 1. The van der Waals surface area contributed by atoms with E-state index in [-0.39, 0.29) is 5.56 Å². The molecule has 0 saturated carbocycles. The summed E-state index contributed by atoms with van der Waals surface area (Å²) in [6.45, 7) is 2.85. The van der Waals surface area contributed by atoms with E-state index in [0.29, 0.717) is 17.5 Å². The first-order valence-electron chi connectivity index (χ1n) is 6.19. The molecule has 0 fully saturated rings. The Kier molecular flexibility index (Phi) is 3.66. The third-order valence-electron chi connectivity index (χ3n) is 3.77. The molecule has 5 heteroatoms. The van der Waals surface area contributed by atoms with Crippen LogP contribution in [0.5, 0.6) is 11.5 Å². The Morgan fingerprint density at radius 1 is 1.37 bits per heavy atom. The zero-order valence-corrected chi connectivity index (χ0v) is 11.7. The Bertz CT molecular complexity index is 513. The molecule has 1 aromatic carbocycles. The number of nitrogens with zero attached hydrogens (tertiary/aromatic N) is 1. The van der Waals surface area contributed by atoms with Gasteiger partial charge < -0.3 is 14.6 Å². The summed E-state index contributed by atoms with van der Waals surface area (Å²) in [5.74, 6) is 0.0831. The lowest BCUT2D eigenvalue weighted by Gasteiger charge is -2.33. The number of carboxylic acid groups (broad SMARTS) is 1. The van der Waals surface area contributed by atoms with Crippen LogP contribution in [-0.4, -0.2) is 43.3 Å². The highest BCUT2D eigenvalue weighted by Crippen LogP contribution is 2.39. The molecule has 0 amide bonds. The predicted octanol–water partition coefficient (Wildman–Crippen LogP) is 1.78. The molecule has 19 heavy (non-hydrogen) atoms. The minimum Gasteiger partial charge on any atom is -0.496 e. The Labute approximate surface area is 112 Å². The first kappa shape index (κ1) is 13.7. The minimum atomic E-state index is -0.996. The fourth-order valence-corrected chi connectivity index (χ4v) is 2.55. The van der Waals surface area contributed by atoms with Gasteiger partial charge in [0.2, 0.25) is 0 Å². The van der Waals surface area contributed by atoms with E-state index in [1.807, 2.05) is 7.05 Å². The van der Waals surface area contributed by atoms with Gasteiger partial charge in [0.15, 0.2) is 0 Å². The van der Waals surface area contributed by atoms with Crippen LogP contribution in [0.3, 0.4) is 0 Å². The fourth-order valence-electron chi connectivity index (χ4n) is 2.55. The van der Waals surface area contributed by atoms with Crippen molar-refractivity contribution in [2.75, 3.05) is 21.3 Å². The van der Waals surface area contributed by atoms with Crippen molar-refractivity contribution in [3.8, 4) is 11.5 Å². The molecule has 0 aliphatic carbocycles. The summed E-state index contributed by atoms with van der Waals surface area (Å²) in [5.41, 5.74) is 2.13. The van der Waals surface area contributed by atoms with E-state index >= 15 is 0 Å². The van der Waals surface area contributed by atoms with Crippen molar-refractivity contribution in [3.63, 3.8) is 0 Å². The van der Waals surface area contributed by atoms with E-state index in [2.05, 4.69) is 11.8 Å². The van der Waals surface area contributed by atoms with Gasteiger partial charge in [-0.1, -0.05) is 0 Å². The molecule has 1 unspecified atom stereocenters. The smallest absolute Gasteiger partial charge is 0.339 e. The summed E-state index contributed by atoms with van der Waals surface area (Å²) in [5, 5.41) is 9.29. The summed E-state index contributed by atoms with van der Waals surface area (Å²) in [6.07, 6.45) is 0.756. The standard InChI is InChI=1S/C14H19NO4/c1-8-5-9-11(7-15(8)2)12(18-3)6-10(14(16)17)13(9)19-4/h6,8H,5,7H2,1-4H3,(H,16,17). The number of rotatable bonds is 3. The van der Waals surface area contributed by atoms with Gasteiger partial charge in [0.25, 0.3) is 0 Å². The molecule has 1 aliphatic rings. The van der Waals surface area contributed by atoms with Crippen LogP contribution < -0.4 is 9.47 Å². The minimum absolute atomic E-state index is 0.162. The Hall–Kier alpha value is -1.75. The van der Waals surface area contributed by atoms with Gasteiger partial charge in [-0.25, -0.2) is 4.79 Å². The molecule has 1 heterocycles. The van der Waals surface area contributed by atoms with E-state index < -0.39 is 5.97 Å².